The molecule has 3 heteroatoms. The largest absolute Gasteiger partial charge is 0.462 e. The van der Waals surface area contributed by atoms with E-state index in [0.29, 0.717) is 6.42 Å². The van der Waals surface area contributed by atoms with Crippen LogP contribution in [0, 0.1) is 0 Å². The zero-order chi connectivity index (χ0) is 11.9. The van der Waals surface area contributed by atoms with Gasteiger partial charge in [-0.2, -0.15) is 0 Å². The fourth-order valence-electron chi connectivity index (χ4n) is 2.29. The minimum Gasteiger partial charge on any atom is -0.462 e. The molecule has 0 aliphatic heterocycles. The molecule has 2 nitrogen and oxygen atoms in total. The third-order valence-corrected chi connectivity index (χ3v) is 4.17. The lowest BCUT2D eigenvalue weighted by Gasteiger charge is -2.21. The lowest BCUT2D eigenvalue weighted by Crippen LogP contribution is -2.20. The van der Waals surface area contributed by atoms with E-state index < -0.39 is 0 Å². The molecule has 0 radical (unpaired) electrons. The van der Waals surface area contributed by atoms with E-state index in [9.17, 15) is 4.79 Å². The molecule has 1 aromatic rings. The van der Waals surface area contributed by atoms with Crippen LogP contribution in [0.15, 0.2) is 17.5 Å². The Morgan fingerprint density at radius 2 is 2.18 bits per heavy atom. The molecule has 1 aliphatic carbocycles. The highest BCUT2D eigenvalue weighted by Crippen LogP contribution is 2.21. The summed E-state index contributed by atoms with van der Waals surface area (Å²) in [5.41, 5.74) is 0. The average Bonchev–Trinajstić information content (AvgIpc) is 2.83. The van der Waals surface area contributed by atoms with E-state index in [1.165, 1.54) is 24.1 Å². The van der Waals surface area contributed by atoms with Crippen molar-refractivity contribution in [1.29, 1.82) is 0 Å². The van der Waals surface area contributed by atoms with Crippen LogP contribution >= 0.6 is 11.3 Å². The quantitative estimate of drug-likeness (QED) is 0.742. The number of hydrogen-bond donors (Lipinski definition) is 0. The molecular weight excluding hydrogens is 232 g/mol. The zero-order valence-electron chi connectivity index (χ0n) is 10.2. The van der Waals surface area contributed by atoms with E-state index in [0.717, 1.165) is 25.7 Å². The van der Waals surface area contributed by atoms with Crippen molar-refractivity contribution in [2.24, 2.45) is 0 Å². The van der Waals surface area contributed by atoms with Crippen LogP contribution in [-0.4, -0.2) is 12.1 Å². The molecular formula is C14H20O2S. The maximum atomic E-state index is 11.6. The topological polar surface area (TPSA) is 26.3 Å². The fourth-order valence-corrected chi connectivity index (χ4v) is 3.04. The second kappa shape index (κ2) is 6.80. The molecule has 1 saturated carbocycles. The predicted molar refractivity (Wildman–Crippen MR) is 70.2 cm³/mol. The Morgan fingerprint density at radius 1 is 1.35 bits per heavy atom. The molecule has 2 rings (SSSR count). The molecule has 1 fully saturated rings. The minimum atomic E-state index is -0.00606. The van der Waals surface area contributed by atoms with Crippen molar-refractivity contribution >= 4 is 17.3 Å². The smallest absolute Gasteiger partial charge is 0.306 e. The average molecular weight is 252 g/mol. The Morgan fingerprint density at radius 3 is 2.88 bits per heavy atom. The first kappa shape index (κ1) is 12.6. The van der Waals surface area contributed by atoms with Gasteiger partial charge in [0, 0.05) is 11.3 Å². The molecule has 0 unspecified atom stereocenters. The summed E-state index contributed by atoms with van der Waals surface area (Å²) in [6.45, 7) is 0. The summed E-state index contributed by atoms with van der Waals surface area (Å²) in [5, 5.41) is 2.08. The van der Waals surface area contributed by atoms with Gasteiger partial charge in [0.15, 0.2) is 0 Å². The maximum absolute atomic E-state index is 11.6. The zero-order valence-corrected chi connectivity index (χ0v) is 11.0. The number of aryl methyl sites for hydroxylation is 1. The van der Waals surface area contributed by atoms with Crippen molar-refractivity contribution in [1.82, 2.24) is 0 Å². The number of rotatable bonds is 5. The van der Waals surface area contributed by atoms with Crippen molar-refractivity contribution in [2.45, 2.75) is 57.5 Å². The highest BCUT2D eigenvalue weighted by molar-refractivity contribution is 7.09. The van der Waals surface area contributed by atoms with Crippen LogP contribution in [0.25, 0.3) is 0 Å². The lowest BCUT2D eigenvalue weighted by molar-refractivity contribution is -0.150. The first-order valence-electron chi connectivity index (χ1n) is 6.56. The Bertz CT molecular complexity index is 326. The number of carbonyl (C=O) groups is 1. The van der Waals surface area contributed by atoms with Gasteiger partial charge in [-0.1, -0.05) is 12.5 Å². The number of hydrogen-bond acceptors (Lipinski definition) is 3. The van der Waals surface area contributed by atoms with Crippen LogP contribution in [0.1, 0.15) is 49.8 Å². The third-order valence-electron chi connectivity index (χ3n) is 3.23. The van der Waals surface area contributed by atoms with Crippen LogP contribution < -0.4 is 0 Å². The second-order valence-corrected chi connectivity index (χ2v) is 5.72. The summed E-state index contributed by atoms with van der Waals surface area (Å²) in [4.78, 5) is 13.0. The summed E-state index contributed by atoms with van der Waals surface area (Å²) in [7, 11) is 0. The highest BCUT2D eigenvalue weighted by atomic mass is 32.1. The van der Waals surface area contributed by atoms with Crippen LogP contribution in [0.3, 0.4) is 0 Å². The highest BCUT2D eigenvalue weighted by Gasteiger charge is 2.17. The Hall–Kier alpha value is -0.830. The Labute approximate surface area is 107 Å². The van der Waals surface area contributed by atoms with Gasteiger partial charge in [0.1, 0.15) is 6.10 Å². The van der Waals surface area contributed by atoms with Gasteiger partial charge in [-0.05, 0) is 50.0 Å². The molecule has 0 bridgehead atoms. The van der Waals surface area contributed by atoms with E-state index in [1.54, 1.807) is 11.3 Å². The van der Waals surface area contributed by atoms with Crippen molar-refractivity contribution < 1.29 is 9.53 Å². The van der Waals surface area contributed by atoms with E-state index in [2.05, 4.69) is 17.5 Å². The molecule has 0 aromatic carbocycles. The van der Waals surface area contributed by atoms with Gasteiger partial charge >= 0.3 is 5.97 Å². The maximum Gasteiger partial charge on any atom is 0.306 e. The normalized spacial score (nSPS) is 16.9. The van der Waals surface area contributed by atoms with Gasteiger partial charge in [0.25, 0.3) is 0 Å². The van der Waals surface area contributed by atoms with Gasteiger partial charge in [-0.3, -0.25) is 4.79 Å². The number of ether oxygens (including phenoxy) is 1. The molecule has 1 aliphatic rings. The van der Waals surface area contributed by atoms with E-state index in [4.69, 9.17) is 4.74 Å². The molecule has 94 valence electrons. The molecule has 0 atom stereocenters. The summed E-state index contributed by atoms with van der Waals surface area (Å²) in [5.74, 6) is -0.00606. The van der Waals surface area contributed by atoms with E-state index in [1.807, 2.05) is 0 Å². The molecule has 0 spiro atoms. The summed E-state index contributed by atoms with van der Waals surface area (Å²) in [6, 6.07) is 4.18. The first-order valence-corrected chi connectivity index (χ1v) is 7.44. The van der Waals surface area contributed by atoms with E-state index in [-0.39, 0.29) is 12.1 Å². The summed E-state index contributed by atoms with van der Waals surface area (Å²) < 4.78 is 5.48. The van der Waals surface area contributed by atoms with Gasteiger partial charge < -0.3 is 4.74 Å². The van der Waals surface area contributed by atoms with Gasteiger partial charge in [-0.15, -0.1) is 11.3 Å². The number of thiophene rings is 1. The second-order valence-electron chi connectivity index (χ2n) is 4.68. The van der Waals surface area contributed by atoms with Gasteiger partial charge in [0.2, 0.25) is 0 Å². The minimum absolute atomic E-state index is 0.00606. The number of carbonyl (C=O) groups excluding carboxylic acids is 1. The van der Waals surface area contributed by atoms with Crippen LogP contribution in [0.4, 0.5) is 0 Å². The molecule has 1 heterocycles. The predicted octanol–water partition coefficient (Wildman–Crippen LogP) is 3.95. The third kappa shape index (κ3) is 4.50. The van der Waals surface area contributed by atoms with Crippen LogP contribution in [0.2, 0.25) is 0 Å². The molecule has 17 heavy (non-hydrogen) atoms. The monoisotopic (exact) mass is 252 g/mol. The van der Waals surface area contributed by atoms with E-state index >= 15 is 0 Å². The standard InChI is InChI=1S/C14H20O2S/c15-14(16-12-6-2-1-3-7-12)10-4-8-13-9-5-11-17-13/h5,9,11-12H,1-4,6-8,10H2. The van der Waals surface area contributed by atoms with Crippen molar-refractivity contribution in [3.05, 3.63) is 22.4 Å². The number of esters is 1. The summed E-state index contributed by atoms with van der Waals surface area (Å²) >= 11 is 1.76. The van der Waals surface area contributed by atoms with Crippen LogP contribution in [0.5, 0.6) is 0 Å². The van der Waals surface area contributed by atoms with Crippen LogP contribution in [-0.2, 0) is 16.0 Å². The van der Waals surface area contributed by atoms with Crippen molar-refractivity contribution in [3.8, 4) is 0 Å². The lowest BCUT2D eigenvalue weighted by atomic mass is 9.98. The van der Waals surface area contributed by atoms with Crippen molar-refractivity contribution in [3.63, 3.8) is 0 Å². The molecule has 0 N–H and O–H groups in total. The molecule has 1 aromatic heterocycles. The van der Waals surface area contributed by atoms with Crippen molar-refractivity contribution in [2.75, 3.05) is 0 Å². The van der Waals surface area contributed by atoms with Gasteiger partial charge in [-0.25, -0.2) is 0 Å². The Kier molecular flexibility index (Phi) is 5.05. The summed E-state index contributed by atoms with van der Waals surface area (Å²) in [6.07, 6.45) is 8.54. The first-order chi connectivity index (χ1) is 8.34. The molecule has 0 saturated heterocycles. The fraction of sp³-hybridized carbons (Fsp3) is 0.643. The van der Waals surface area contributed by atoms with Gasteiger partial charge in [0.05, 0.1) is 0 Å². The molecule has 0 amide bonds. The SMILES string of the molecule is O=C(CCCc1cccs1)OC1CCCCC1. The Balaban J connectivity index is 1.60.